The van der Waals surface area contributed by atoms with Crippen LogP contribution < -0.4 is 5.32 Å². The number of benzene rings is 2. The highest BCUT2D eigenvalue weighted by Crippen LogP contribution is 2.21. The first-order valence-corrected chi connectivity index (χ1v) is 11.0. The molecule has 156 valence electrons. The van der Waals surface area contributed by atoms with Gasteiger partial charge in [-0.2, -0.15) is 4.31 Å². The Bertz CT molecular complexity index is 1000. The molecule has 0 aromatic heterocycles. The van der Waals surface area contributed by atoms with Gasteiger partial charge in [-0.15, -0.1) is 0 Å². The van der Waals surface area contributed by atoms with Crippen LogP contribution in [0.15, 0.2) is 47.4 Å². The van der Waals surface area contributed by atoms with Crippen molar-refractivity contribution in [1.82, 2.24) is 9.21 Å². The lowest BCUT2D eigenvalue weighted by Crippen LogP contribution is -2.53. The Morgan fingerprint density at radius 3 is 2.31 bits per heavy atom. The molecular weight excluding hydrogens is 393 g/mol. The molecule has 2 aromatic carbocycles. The molecule has 1 aliphatic rings. The molecule has 1 heterocycles. The number of carbonyl (C=O) groups is 1. The van der Waals surface area contributed by atoms with Crippen LogP contribution >= 0.6 is 0 Å². The van der Waals surface area contributed by atoms with E-state index in [0.29, 0.717) is 31.1 Å². The highest BCUT2D eigenvalue weighted by atomic mass is 32.2. The third kappa shape index (κ3) is 4.66. The molecule has 0 bridgehead atoms. The van der Waals surface area contributed by atoms with Crippen LogP contribution in [0.4, 0.5) is 10.1 Å². The number of halogens is 1. The van der Waals surface area contributed by atoms with Crippen molar-refractivity contribution in [2.24, 2.45) is 0 Å². The molecule has 1 N–H and O–H groups in total. The van der Waals surface area contributed by atoms with Gasteiger partial charge < -0.3 is 5.32 Å². The molecule has 0 aliphatic carbocycles. The minimum absolute atomic E-state index is 0.139. The Kier molecular flexibility index (Phi) is 6.36. The van der Waals surface area contributed by atoms with Crippen LogP contribution in [0.3, 0.4) is 0 Å². The van der Waals surface area contributed by atoms with Gasteiger partial charge in [0.1, 0.15) is 5.82 Å². The van der Waals surface area contributed by atoms with Crippen LogP contribution in [-0.4, -0.2) is 55.8 Å². The molecule has 0 unspecified atom stereocenters. The zero-order valence-electron chi connectivity index (χ0n) is 16.9. The number of aryl methyl sites for hydroxylation is 2. The summed E-state index contributed by atoms with van der Waals surface area (Å²) in [5, 5.41) is 2.60. The first-order valence-electron chi connectivity index (χ1n) is 9.57. The fraction of sp³-hybridized carbons (Fsp3) is 0.381. The molecular formula is C21H26FN3O3S. The SMILES string of the molecule is Cc1ccc(S(=O)(=O)N2CCN([C@H](C)C(=O)Nc3ccccc3F)CC2)cc1C. The van der Waals surface area contributed by atoms with Crippen LogP contribution in [0.1, 0.15) is 18.1 Å². The van der Waals surface area contributed by atoms with Gasteiger partial charge >= 0.3 is 0 Å². The second-order valence-corrected chi connectivity index (χ2v) is 9.27. The summed E-state index contributed by atoms with van der Waals surface area (Å²) in [5.74, 6) is -0.807. The van der Waals surface area contributed by atoms with Crippen molar-refractivity contribution >= 4 is 21.6 Å². The maximum absolute atomic E-state index is 13.8. The third-order valence-corrected chi connectivity index (χ3v) is 7.34. The van der Waals surface area contributed by atoms with Gasteiger partial charge in [-0.1, -0.05) is 18.2 Å². The summed E-state index contributed by atoms with van der Waals surface area (Å²) in [6, 6.07) is 10.7. The summed E-state index contributed by atoms with van der Waals surface area (Å²) in [4.78, 5) is 14.7. The molecule has 3 rings (SSSR count). The minimum Gasteiger partial charge on any atom is -0.322 e. The standard InChI is InChI=1S/C21H26FN3O3S/c1-15-8-9-18(14-16(15)2)29(27,28)25-12-10-24(11-13-25)17(3)21(26)23-20-7-5-4-6-19(20)22/h4-9,14,17H,10-13H2,1-3H3,(H,23,26)/t17-/m1/s1. The number of rotatable bonds is 5. The summed E-state index contributed by atoms with van der Waals surface area (Å²) in [7, 11) is -3.57. The van der Waals surface area contributed by atoms with Gasteiger partial charge in [0.25, 0.3) is 0 Å². The van der Waals surface area contributed by atoms with Gasteiger partial charge in [0.05, 0.1) is 16.6 Å². The van der Waals surface area contributed by atoms with E-state index in [9.17, 15) is 17.6 Å². The van der Waals surface area contributed by atoms with E-state index in [1.54, 1.807) is 31.2 Å². The van der Waals surface area contributed by atoms with Crippen LogP contribution in [0.5, 0.6) is 0 Å². The predicted octanol–water partition coefficient (Wildman–Crippen LogP) is 2.78. The van der Waals surface area contributed by atoms with Crippen molar-refractivity contribution in [3.05, 3.63) is 59.4 Å². The van der Waals surface area contributed by atoms with Gasteiger partial charge in [0.2, 0.25) is 15.9 Å². The smallest absolute Gasteiger partial charge is 0.243 e. The van der Waals surface area contributed by atoms with Crippen molar-refractivity contribution in [3.63, 3.8) is 0 Å². The Hall–Kier alpha value is -2.29. The van der Waals surface area contributed by atoms with E-state index in [0.717, 1.165) is 11.1 Å². The highest BCUT2D eigenvalue weighted by molar-refractivity contribution is 7.89. The zero-order valence-corrected chi connectivity index (χ0v) is 17.7. The highest BCUT2D eigenvalue weighted by Gasteiger charge is 2.32. The van der Waals surface area contributed by atoms with Gasteiger partial charge in [0.15, 0.2) is 0 Å². The molecule has 1 saturated heterocycles. The van der Waals surface area contributed by atoms with E-state index < -0.39 is 21.9 Å². The number of anilines is 1. The van der Waals surface area contributed by atoms with Crippen LogP contribution in [0, 0.1) is 19.7 Å². The molecule has 1 fully saturated rings. The van der Waals surface area contributed by atoms with Gasteiger partial charge in [-0.05, 0) is 56.2 Å². The average Bonchev–Trinajstić information content (AvgIpc) is 2.71. The fourth-order valence-electron chi connectivity index (χ4n) is 3.32. The molecule has 0 radical (unpaired) electrons. The zero-order chi connectivity index (χ0) is 21.2. The summed E-state index contributed by atoms with van der Waals surface area (Å²) in [6.45, 7) is 7.02. The van der Waals surface area contributed by atoms with Crippen LogP contribution in [0.25, 0.3) is 0 Å². The normalized spacial score (nSPS) is 17.1. The van der Waals surface area contributed by atoms with E-state index >= 15 is 0 Å². The minimum atomic E-state index is -3.57. The first-order chi connectivity index (χ1) is 13.7. The van der Waals surface area contributed by atoms with E-state index in [1.807, 2.05) is 24.8 Å². The maximum Gasteiger partial charge on any atom is 0.243 e. The summed E-state index contributed by atoms with van der Waals surface area (Å²) < 4.78 is 41.1. The average molecular weight is 420 g/mol. The van der Waals surface area contributed by atoms with Crippen LogP contribution in [-0.2, 0) is 14.8 Å². The molecule has 0 saturated carbocycles. The van der Waals surface area contributed by atoms with E-state index in [-0.39, 0.29) is 11.6 Å². The number of hydrogen-bond acceptors (Lipinski definition) is 4. The van der Waals surface area contributed by atoms with E-state index in [4.69, 9.17) is 0 Å². The quantitative estimate of drug-likeness (QED) is 0.809. The van der Waals surface area contributed by atoms with Crippen molar-refractivity contribution in [2.45, 2.75) is 31.7 Å². The fourth-order valence-corrected chi connectivity index (χ4v) is 4.83. The molecule has 1 atom stereocenters. The van der Waals surface area contributed by atoms with E-state index in [1.165, 1.54) is 16.4 Å². The number of nitrogens with zero attached hydrogens (tertiary/aromatic N) is 2. The second kappa shape index (κ2) is 8.61. The molecule has 29 heavy (non-hydrogen) atoms. The number of hydrogen-bond donors (Lipinski definition) is 1. The number of sulfonamides is 1. The Morgan fingerprint density at radius 1 is 1.03 bits per heavy atom. The number of piperazine rings is 1. The second-order valence-electron chi connectivity index (χ2n) is 7.33. The monoisotopic (exact) mass is 419 g/mol. The third-order valence-electron chi connectivity index (χ3n) is 5.45. The summed E-state index contributed by atoms with van der Waals surface area (Å²) >= 11 is 0. The largest absolute Gasteiger partial charge is 0.322 e. The topological polar surface area (TPSA) is 69.7 Å². The van der Waals surface area contributed by atoms with Crippen LogP contribution in [0.2, 0.25) is 0 Å². The molecule has 8 heteroatoms. The maximum atomic E-state index is 13.8. The Labute approximate surface area is 171 Å². The lowest BCUT2D eigenvalue weighted by atomic mass is 10.1. The summed E-state index contributed by atoms with van der Waals surface area (Å²) in [5.41, 5.74) is 2.12. The van der Waals surface area contributed by atoms with Crippen molar-refractivity contribution in [1.29, 1.82) is 0 Å². The Morgan fingerprint density at radius 2 is 1.69 bits per heavy atom. The van der Waals surface area contributed by atoms with E-state index in [2.05, 4.69) is 5.32 Å². The van der Waals surface area contributed by atoms with Crippen molar-refractivity contribution < 1.29 is 17.6 Å². The lowest BCUT2D eigenvalue weighted by Gasteiger charge is -2.36. The Balaban J connectivity index is 1.62. The first kappa shape index (κ1) is 21.4. The van der Waals surface area contributed by atoms with Gasteiger partial charge in [0, 0.05) is 26.2 Å². The molecule has 6 nitrogen and oxygen atoms in total. The molecule has 2 aromatic rings. The lowest BCUT2D eigenvalue weighted by molar-refractivity contribution is -0.121. The molecule has 1 aliphatic heterocycles. The van der Waals surface area contributed by atoms with Crippen molar-refractivity contribution in [3.8, 4) is 0 Å². The number of para-hydroxylation sites is 1. The van der Waals surface area contributed by atoms with Crippen molar-refractivity contribution in [2.75, 3.05) is 31.5 Å². The predicted molar refractivity (Wildman–Crippen MR) is 111 cm³/mol. The number of carbonyl (C=O) groups excluding carboxylic acids is 1. The molecule has 0 spiro atoms. The number of nitrogens with one attached hydrogen (secondary N) is 1. The van der Waals surface area contributed by atoms with Gasteiger partial charge in [-0.25, -0.2) is 12.8 Å². The molecule has 1 amide bonds. The number of amides is 1. The van der Waals surface area contributed by atoms with Gasteiger partial charge in [-0.3, -0.25) is 9.69 Å². The summed E-state index contributed by atoms with van der Waals surface area (Å²) in [6.07, 6.45) is 0.